The maximum Gasteiger partial charge on any atom is 0.248 e. The molecule has 4 aromatic rings. The Hall–Kier alpha value is -3.76. The summed E-state index contributed by atoms with van der Waals surface area (Å²) in [5, 5.41) is 7.72. The fourth-order valence-corrected chi connectivity index (χ4v) is 4.97. The van der Waals surface area contributed by atoms with Crippen LogP contribution in [-0.4, -0.2) is 34.5 Å². The zero-order valence-electron chi connectivity index (χ0n) is 19.1. The van der Waals surface area contributed by atoms with E-state index in [9.17, 15) is 13.2 Å². The second-order valence-corrected chi connectivity index (χ2v) is 10.6. The molecule has 0 radical (unpaired) electrons. The SMILES string of the molecule is CC(C)(C)NS(=O)(=O)c1cccc(-c2ccc3cnc(NCc4cccc(C(N)=O)c4)nn23)c1. The first kappa shape index (κ1) is 23.4. The third-order valence-electron chi connectivity index (χ3n) is 4.94. The van der Waals surface area contributed by atoms with E-state index in [1.165, 1.54) is 0 Å². The Balaban J connectivity index is 1.62. The van der Waals surface area contributed by atoms with Crippen LogP contribution < -0.4 is 15.8 Å². The summed E-state index contributed by atoms with van der Waals surface area (Å²) in [7, 11) is -3.68. The highest BCUT2D eigenvalue weighted by Gasteiger charge is 2.22. The van der Waals surface area contributed by atoms with Gasteiger partial charge < -0.3 is 11.1 Å². The first-order valence-corrected chi connectivity index (χ1v) is 12.1. The number of carbonyl (C=O) groups is 1. The van der Waals surface area contributed by atoms with Crippen molar-refractivity contribution in [3.05, 3.63) is 78.0 Å². The average molecular weight is 479 g/mol. The maximum atomic E-state index is 12.8. The number of hydrogen-bond donors (Lipinski definition) is 3. The third kappa shape index (κ3) is 5.24. The molecule has 4 N–H and O–H groups in total. The Morgan fingerprint density at radius 2 is 1.82 bits per heavy atom. The second kappa shape index (κ2) is 8.88. The zero-order chi connectivity index (χ0) is 24.5. The number of anilines is 1. The van der Waals surface area contributed by atoms with Crippen LogP contribution in [0.3, 0.4) is 0 Å². The van der Waals surface area contributed by atoms with E-state index in [1.807, 2.05) is 24.3 Å². The molecule has 10 heteroatoms. The van der Waals surface area contributed by atoms with Crippen LogP contribution >= 0.6 is 0 Å². The molecule has 0 fully saturated rings. The largest absolute Gasteiger partial charge is 0.366 e. The number of fused-ring (bicyclic) bond motifs is 1. The summed E-state index contributed by atoms with van der Waals surface area (Å²) in [5.41, 5.74) is 8.23. The van der Waals surface area contributed by atoms with Crippen molar-refractivity contribution in [1.29, 1.82) is 0 Å². The van der Waals surface area contributed by atoms with E-state index in [-0.39, 0.29) is 4.90 Å². The van der Waals surface area contributed by atoms with Crippen molar-refractivity contribution < 1.29 is 13.2 Å². The van der Waals surface area contributed by atoms with Gasteiger partial charge in [0.15, 0.2) is 0 Å². The van der Waals surface area contributed by atoms with E-state index < -0.39 is 21.5 Å². The van der Waals surface area contributed by atoms with Crippen molar-refractivity contribution in [3.8, 4) is 11.3 Å². The molecule has 0 aliphatic carbocycles. The molecule has 2 aromatic heterocycles. The number of benzene rings is 2. The van der Waals surface area contributed by atoms with E-state index in [1.54, 1.807) is 67.9 Å². The van der Waals surface area contributed by atoms with Gasteiger partial charge in [0.25, 0.3) is 0 Å². The zero-order valence-corrected chi connectivity index (χ0v) is 19.9. The molecule has 0 atom stereocenters. The van der Waals surface area contributed by atoms with E-state index in [0.29, 0.717) is 23.6 Å². The Labute approximate surface area is 198 Å². The van der Waals surface area contributed by atoms with E-state index in [2.05, 4.69) is 20.1 Å². The van der Waals surface area contributed by atoms with Gasteiger partial charge in [0.1, 0.15) is 0 Å². The molecule has 2 heterocycles. The van der Waals surface area contributed by atoms with Gasteiger partial charge in [-0.1, -0.05) is 24.3 Å². The fraction of sp³-hybridized carbons (Fsp3) is 0.208. The van der Waals surface area contributed by atoms with Gasteiger partial charge in [0, 0.05) is 23.2 Å². The minimum absolute atomic E-state index is 0.177. The summed E-state index contributed by atoms with van der Waals surface area (Å²) in [6, 6.07) is 17.5. The van der Waals surface area contributed by atoms with Gasteiger partial charge in [-0.3, -0.25) is 4.79 Å². The van der Waals surface area contributed by atoms with E-state index in [4.69, 9.17) is 5.73 Å². The molecule has 0 saturated heterocycles. The number of carbonyl (C=O) groups excluding carboxylic acids is 1. The highest BCUT2D eigenvalue weighted by atomic mass is 32.2. The third-order valence-corrected chi connectivity index (χ3v) is 6.70. The highest BCUT2D eigenvalue weighted by Crippen LogP contribution is 2.25. The summed E-state index contributed by atoms with van der Waals surface area (Å²) in [5.74, 6) is -0.106. The highest BCUT2D eigenvalue weighted by molar-refractivity contribution is 7.89. The average Bonchev–Trinajstić information content (AvgIpc) is 3.20. The molecule has 176 valence electrons. The van der Waals surface area contributed by atoms with E-state index in [0.717, 1.165) is 16.8 Å². The van der Waals surface area contributed by atoms with Crippen LogP contribution in [0.4, 0.5) is 5.95 Å². The number of aromatic nitrogens is 3. The molecule has 0 bridgehead atoms. The van der Waals surface area contributed by atoms with Crippen molar-refractivity contribution >= 4 is 27.4 Å². The van der Waals surface area contributed by atoms with Crippen LogP contribution in [-0.2, 0) is 16.6 Å². The summed E-state index contributed by atoms with van der Waals surface area (Å²) < 4.78 is 30.0. The molecule has 9 nitrogen and oxygen atoms in total. The second-order valence-electron chi connectivity index (χ2n) is 8.94. The van der Waals surface area contributed by atoms with Gasteiger partial charge in [0.2, 0.25) is 21.9 Å². The predicted molar refractivity (Wildman–Crippen MR) is 131 cm³/mol. The molecule has 0 spiro atoms. The number of sulfonamides is 1. The molecule has 0 aliphatic rings. The van der Waals surface area contributed by atoms with Crippen LogP contribution in [0.1, 0.15) is 36.7 Å². The van der Waals surface area contributed by atoms with Crippen LogP contribution in [0, 0.1) is 0 Å². The number of nitrogens with zero attached hydrogens (tertiary/aromatic N) is 3. The Morgan fingerprint density at radius 3 is 2.56 bits per heavy atom. The van der Waals surface area contributed by atoms with Gasteiger partial charge >= 0.3 is 0 Å². The quantitative estimate of drug-likeness (QED) is 0.374. The molecule has 0 unspecified atom stereocenters. The van der Waals surface area contributed by atoms with Crippen molar-refractivity contribution in [2.75, 3.05) is 5.32 Å². The number of hydrogen-bond acceptors (Lipinski definition) is 6. The Morgan fingerprint density at radius 1 is 1.06 bits per heavy atom. The van der Waals surface area contributed by atoms with Gasteiger partial charge in [-0.05, 0) is 62.7 Å². The lowest BCUT2D eigenvalue weighted by atomic mass is 10.1. The summed E-state index contributed by atoms with van der Waals surface area (Å²) in [4.78, 5) is 15.9. The number of rotatable bonds is 7. The summed E-state index contributed by atoms with van der Waals surface area (Å²) in [6.45, 7) is 5.79. The van der Waals surface area contributed by atoms with Gasteiger partial charge in [-0.25, -0.2) is 22.6 Å². The lowest BCUT2D eigenvalue weighted by Crippen LogP contribution is -2.40. The number of nitrogens with two attached hydrogens (primary N) is 1. The molecule has 0 saturated carbocycles. The number of amides is 1. The molecule has 34 heavy (non-hydrogen) atoms. The predicted octanol–water partition coefficient (Wildman–Crippen LogP) is 3.18. The Bertz CT molecular complexity index is 1470. The standard InChI is InChI=1S/C24H26N6O3S/c1-24(2,3)29-34(32,33)20-9-5-7-17(13-20)21-11-10-19-15-27-23(28-30(19)21)26-14-16-6-4-8-18(12-16)22(25)31/h4-13,15,29H,14H2,1-3H3,(H2,25,31)(H,26,28). The normalized spacial score (nSPS) is 12.1. The molecule has 1 amide bonds. The lowest BCUT2D eigenvalue weighted by Gasteiger charge is -2.20. The molecule has 0 aliphatic heterocycles. The van der Waals surface area contributed by atoms with Gasteiger partial charge in [-0.2, -0.15) is 0 Å². The molecular weight excluding hydrogens is 452 g/mol. The summed E-state index contributed by atoms with van der Waals surface area (Å²) in [6.07, 6.45) is 1.68. The maximum absolute atomic E-state index is 12.8. The number of primary amides is 1. The smallest absolute Gasteiger partial charge is 0.248 e. The summed E-state index contributed by atoms with van der Waals surface area (Å²) >= 11 is 0. The molecule has 2 aromatic carbocycles. The van der Waals surface area contributed by atoms with Crippen LogP contribution in [0.25, 0.3) is 16.8 Å². The first-order chi connectivity index (χ1) is 16.0. The molecule has 4 rings (SSSR count). The van der Waals surface area contributed by atoms with Gasteiger partial charge in [0.05, 0.1) is 22.3 Å². The van der Waals surface area contributed by atoms with Crippen LogP contribution in [0.15, 0.2) is 71.8 Å². The van der Waals surface area contributed by atoms with Crippen molar-refractivity contribution in [3.63, 3.8) is 0 Å². The van der Waals surface area contributed by atoms with Crippen LogP contribution in [0.2, 0.25) is 0 Å². The monoisotopic (exact) mass is 478 g/mol. The topological polar surface area (TPSA) is 131 Å². The minimum atomic E-state index is -3.68. The minimum Gasteiger partial charge on any atom is -0.366 e. The van der Waals surface area contributed by atoms with E-state index >= 15 is 0 Å². The number of nitrogens with one attached hydrogen (secondary N) is 2. The molecular formula is C24H26N6O3S. The van der Waals surface area contributed by atoms with Gasteiger partial charge in [-0.15, -0.1) is 5.10 Å². The Kier molecular flexibility index (Phi) is 6.11. The first-order valence-electron chi connectivity index (χ1n) is 10.6. The fourth-order valence-electron chi connectivity index (χ4n) is 3.50. The van der Waals surface area contributed by atoms with Crippen molar-refractivity contribution in [2.45, 2.75) is 37.8 Å². The van der Waals surface area contributed by atoms with Crippen molar-refractivity contribution in [1.82, 2.24) is 19.3 Å². The van der Waals surface area contributed by atoms with Crippen LogP contribution in [0.5, 0.6) is 0 Å². The van der Waals surface area contributed by atoms with Crippen molar-refractivity contribution in [2.24, 2.45) is 5.73 Å². The lowest BCUT2D eigenvalue weighted by molar-refractivity contribution is 0.1000.